The Morgan fingerprint density at radius 1 is 1.57 bits per heavy atom. The Labute approximate surface area is 79.4 Å². The zero-order valence-electron chi connectivity index (χ0n) is 7.17. The molecule has 0 radical (unpaired) electrons. The molecule has 0 unspecified atom stereocenters. The van der Waals surface area contributed by atoms with Gasteiger partial charge in [0.25, 0.3) is 5.69 Å². The molecule has 14 heavy (non-hydrogen) atoms. The molecule has 0 heterocycles. The lowest BCUT2D eigenvalue weighted by atomic mass is 10.2. The van der Waals surface area contributed by atoms with Crippen LogP contribution >= 0.6 is 0 Å². The largest absolute Gasteiger partial charge is 0.445 e. The fraction of sp³-hybridized carbons (Fsp3) is 0.125. The van der Waals surface area contributed by atoms with Crippen LogP contribution in [0.25, 0.3) is 0 Å². The van der Waals surface area contributed by atoms with Crippen molar-refractivity contribution in [2.75, 3.05) is 0 Å². The summed E-state index contributed by atoms with van der Waals surface area (Å²) >= 11 is 0. The lowest BCUT2D eigenvalue weighted by molar-refractivity contribution is -0.384. The zero-order chi connectivity index (χ0) is 10.6. The molecule has 0 aliphatic rings. The second-order valence-corrected chi connectivity index (χ2v) is 2.53. The highest BCUT2D eigenvalue weighted by Gasteiger charge is 2.06. The van der Waals surface area contributed by atoms with E-state index >= 15 is 0 Å². The van der Waals surface area contributed by atoms with Crippen LogP contribution in [0.5, 0.6) is 0 Å². The molecule has 0 saturated heterocycles. The van der Waals surface area contributed by atoms with Crippen LogP contribution in [-0.4, -0.2) is 11.0 Å². The fourth-order valence-corrected chi connectivity index (χ4v) is 0.914. The van der Waals surface area contributed by atoms with Gasteiger partial charge in [0.1, 0.15) is 6.61 Å². The molecule has 0 aliphatic heterocycles. The summed E-state index contributed by atoms with van der Waals surface area (Å²) in [7, 11) is 0. The number of carbonyl (C=O) groups is 1. The molecule has 1 amide bonds. The molecule has 1 rings (SSSR count). The second kappa shape index (κ2) is 4.22. The van der Waals surface area contributed by atoms with Crippen LogP contribution in [0.3, 0.4) is 0 Å². The molecule has 0 spiro atoms. The predicted molar refractivity (Wildman–Crippen MR) is 47.5 cm³/mol. The summed E-state index contributed by atoms with van der Waals surface area (Å²) in [5, 5.41) is 10.4. The normalized spacial score (nSPS) is 9.43. The highest BCUT2D eigenvalue weighted by atomic mass is 16.6. The Bertz CT molecular complexity index is 364. The molecule has 0 fully saturated rings. The molecule has 1 aromatic carbocycles. The van der Waals surface area contributed by atoms with Crippen molar-refractivity contribution in [2.24, 2.45) is 5.73 Å². The minimum atomic E-state index is -0.906. The number of nitro benzene ring substituents is 1. The van der Waals surface area contributed by atoms with Gasteiger partial charge in [0.05, 0.1) is 4.92 Å². The number of nitrogens with two attached hydrogens (primary N) is 1. The number of hydrogen-bond donors (Lipinski definition) is 1. The highest BCUT2D eigenvalue weighted by Crippen LogP contribution is 2.13. The van der Waals surface area contributed by atoms with Gasteiger partial charge in [-0.05, 0) is 5.56 Å². The van der Waals surface area contributed by atoms with Crippen molar-refractivity contribution in [3.63, 3.8) is 0 Å². The molecule has 0 aliphatic carbocycles. The smallest absolute Gasteiger partial charge is 0.404 e. The lowest BCUT2D eigenvalue weighted by Crippen LogP contribution is -2.12. The van der Waals surface area contributed by atoms with E-state index in [9.17, 15) is 14.9 Å². The van der Waals surface area contributed by atoms with Gasteiger partial charge < -0.3 is 10.5 Å². The molecule has 0 saturated carbocycles. The maximum Gasteiger partial charge on any atom is 0.404 e. The number of benzene rings is 1. The van der Waals surface area contributed by atoms with E-state index in [1.807, 2.05) is 0 Å². The average molecular weight is 196 g/mol. The summed E-state index contributed by atoms with van der Waals surface area (Å²) in [6.45, 7) is -0.0585. The average Bonchev–Trinajstić information content (AvgIpc) is 2.15. The lowest BCUT2D eigenvalue weighted by Gasteiger charge is -2.00. The summed E-state index contributed by atoms with van der Waals surface area (Å²) < 4.78 is 4.48. The molecule has 6 heteroatoms. The molecule has 0 atom stereocenters. The van der Waals surface area contributed by atoms with E-state index in [-0.39, 0.29) is 12.3 Å². The zero-order valence-corrected chi connectivity index (χ0v) is 7.17. The Balaban J connectivity index is 2.73. The third kappa shape index (κ3) is 2.74. The number of primary amides is 1. The third-order valence-electron chi connectivity index (χ3n) is 1.50. The first-order chi connectivity index (χ1) is 6.59. The maximum absolute atomic E-state index is 10.4. The van der Waals surface area contributed by atoms with E-state index in [1.54, 1.807) is 6.07 Å². The van der Waals surface area contributed by atoms with Gasteiger partial charge in [-0.2, -0.15) is 0 Å². The Morgan fingerprint density at radius 3 is 2.86 bits per heavy atom. The van der Waals surface area contributed by atoms with E-state index in [0.717, 1.165) is 0 Å². The van der Waals surface area contributed by atoms with E-state index in [2.05, 4.69) is 4.74 Å². The van der Waals surface area contributed by atoms with Gasteiger partial charge in [0.2, 0.25) is 0 Å². The van der Waals surface area contributed by atoms with Crippen LogP contribution in [0.4, 0.5) is 10.5 Å². The molecule has 1 aromatic rings. The summed E-state index contributed by atoms with van der Waals surface area (Å²) in [6, 6.07) is 5.80. The first-order valence-corrected chi connectivity index (χ1v) is 3.75. The van der Waals surface area contributed by atoms with E-state index in [0.29, 0.717) is 5.56 Å². The number of nitro groups is 1. The van der Waals surface area contributed by atoms with Crippen molar-refractivity contribution >= 4 is 11.8 Å². The van der Waals surface area contributed by atoms with Crippen molar-refractivity contribution in [1.82, 2.24) is 0 Å². The van der Waals surface area contributed by atoms with Gasteiger partial charge in [0.15, 0.2) is 0 Å². The van der Waals surface area contributed by atoms with Crippen LogP contribution in [0.1, 0.15) is 5.56 Å². The molecule has 2 N–H and O–H groups in total. The van der Waals surface area contributed by atoms with Gasteiger partial charge in [-0.3, -0.25) is 10.1 Å². The number of hydrogen-bond acceptors (Lipinski definition) is 4. The summed E-state index contributed by atoms with van der Waals surface area (Å²) in [5.41, 5.74) is 5.22. The van der Waals surface area contributed by atoms with Gasteiger partial charge in [-0.1, -0.05) is 12.1 Å². The standard InChI is InChI=1S/C8H8N2O4/c9-8(11)14-5-6-2-1-3-7(4-6)10(12)13/h1-4H,5H2,(H2,9,11). The number of rotatable bonds is 3. The number of non-ortho nitro benzene ring substituents is 1. The van der Waals surface area contributed by atoms with Crippen molar-refractivity contribution in [2.45, 2.75) is 6.61 Å². The van der Waals surface area contributed by atoms with E-state index in [1.165, 1.54) is 18.2 Å². The van der Waals surface area contributed by atoms with E-state index < -0.39 is 11.0 Å². The number of ether oxygens (including phenoxy) is 1. The van der Waals surface area contributed by atoms with Crippen molar-refractivity contribution < 1.29 is 14.5 Å². The van der Waals surface area contributed by atoms with Crippen LogP contribution in [-0.2, 0) is 11.3 Å². The maximum atomic E-state index is 10.4. The molecule has 6 nitrogen and oxygen atoms in total. The van der Waals surface area contributed by atoms with Crippen LogP contribution in [0, 0.1) is 10.1 Å². The summed E-state index contributed by atoms with van der Waals surface area (Å²) in [5.74, 6) is 0. The number of nitrogens with zero attached hydrogens (tertiary/aromatic N) is 1. The van der Waals surface area contributed by atoms with Gasteiger partial charge in [-0.15, -0.1) is 0 Å². The van der Waals surface area contributed by atoms with Gasteiger partial charge in [-0.25, -0.2) is 4.79 Å². The number of amides is 1. The topological polar surface area (TPSA) is 95.5 Å². The van der Waals surface area contributed by atoms with Crippen molar-refractivity contribution in [1.29, 1.82) is 0 Å². The van der Waals surface area contributed by atoms with Crippen LogP contribution in [0.2, 0.25) is 0 Å². The van der Waals surface area contributed by atoms with Gasteiger partial charge >= 0.3 is 6.09 Å². The third-order valence-corrected chi connectivity index (χ3v) is 1.50. The molecular weight excluding hydrogens is 188 g/mol. The quantitative estimate of drug-likeness (QED) is 0.580. The molecule has 74 valence electrons. The minimum absolute atomic E-state index is 0.0458. The van der Waals surface area contributed by atoms with Crippen LogP contribution in [0.15, 0.2) is 24.3 Å². The van der Waals surface area contributed by atoms with Crippen molar-refractivity contribution in [3.05, 3.63) is 39.9 Å². The summed E-state index contributed by atoms with van der Waals surface area (Å²) in [4.78, 5) is 20.1. The van der Waals surface area contributed by atoms with E-state index in [4.69, 9.17) is 5.73 Å². The van der Waals surface area contributed by atoms with Gasteiger partial charge in [0, 0.05) is 12.1 Å². The number of carbonyl (C=O) groups excluding carboxylic acids is 1. The van der Waals surface area contributed by atoms with Crippen LogP contribution < -0.4 is 5.73 Å². The molecule has 0 aromatic heterocycles. The first kappa shape index (κ1) is 9.97. The second-order valence-electron chi connectivity index (χ2n) is 2.53. The predicted octanol–water partition coefficient (Wildman–Crippen LogP) is 1.19. The van der Waals surface area contributed by atoms with Crippen molar-refractivity contribution in [3.8, 4) is 0 Å². The fourth-order valence-electron chi connectivity index (χ4n) is 0.914. The Kier molecular flexibility index (Phi) is 3.01. The first-order valence-electron chi connectivity index (χ1n) is 3.75. The highest BCUT2D eigenvalue weighted by molar-refractivity contribution is 5.64. The Hall–Kier alpha value is -2.11. The monoisotopic (exact) mass is 196 g/mol. The molecular formula is C8H8N2O4. The minimum Gasteiger partial charge on any atom is -0.445 e. The Morgan fingerprint density at radius 2 is 2.29 bits per heavy atom. The summed E-state index contributed by atoms with van der Waals surface area (Å²) in [6.07, 6.45) is -0.906. The SMILES string of the molecule is NC(=O)OCc1cccc([N+](=O)[O-])c1. The molecule has 0 bridgehead atoms.